The summed E-state index contributed by atoms with van der Waals surface area (Å²) in [5, 5.41) is 3.02. The fourth-order valence-electron chi connectivity index (χ4n) is 3.11. The Hall–Kier alpha value is -2.43. The summed E-state index contributed by atoms with van der Waals surface area (Å²) < 4.78 is 0. The topological polar surface area (TPSA) is 74.8 Å². The van der Waals surface area contributed by atoms with Gasteiger partial charge in [-0.05, 0) is 42.2 Å². The molecule has 1 heterocycles. The Morgan fingerprint density at radius 3 is 2.40 bits per heavy atom. The number of benzene rings is 1. The van der Waals surface area contributed by atoms with E-state index >= 15 is 0 Å². The van der Waals surface area contributed by atoms with Crippen molar-refractivity contribution >= 4 is 5.91 Å². The molecule has 1 aliphatic carbocycles. The maximum Gasteiger partial charge on any atom is 0.270 e. The number of aryl methyl sites for hydroxylation is 1. The summed E-state index contributed by atoms with van der Waals surface area (Å²) in [4.78, 5) is 30.8. The fourth-order valence-corrected chi connectivity index (χ4v) is 3.11. The summed E-state index contributed by atoms with van der Waals surface area (Å²) in [6.07, 6.45) is 2.48. The van der Waals surface area contributed by atoms with Crippen molar-refractivity contribution in [3.8, 4) is 0 Å². The van der Waals surface area contributed by atoms with Crippen LogP contribution in [-0.4, -0.2) is 15.9 Å². The average Bonchev–Trinajstić information content (AvgIpc) is 3.30. The Morgan fingerprint density at radius 1 is 1.24 bits per heavy atom. The minimum Gasteiger partial charge on any atom is -0.344 e. The van der Waals surface area contributed by atoms with E-state index in [0.29, 0.717) is 11.2 Å². The van der Waals surface area contributed by atoms with Crippen molar-refractivity contribution in [3.63, 3.8) is 0 Å². The molecule has 1 saturated carbocycles. The highest BCUT2D eigenvalue weighted by Crippen LogP contribution is 2.47. The van der Waals surface area contributed by atoms with Crippen molar-refractivity contribution in [2.24, 2.45) is 5.92 Å². The van der Waals surface area contributed by atoms with Gasteiger partial charge < -0.3 is 10.3 Å². The third kappa shape index (κ3) is 3.81. The first-order valence-electron chi connectivity index (χ1n) is 8.78. The number of nitrogens with zero attached hydrogens (tertiary/aromatic N) is 1. The van der Waals surface area contributed by atoms with Crippen LogP contribution in [0.25, 0.3) is 0 Å². The maximum atomic E-state index is 12.5. The van der Waals surface area contributed by atoms with E-state index in [0.717, 1.165) is 5.56 Å². The maximum absolute atomic E-state index is 12.5. The van der Waals surface area contributed by atoms with Crippen molar-refractivity contribution in [1.82, 2.24) is 15.3 Å². The Kier molecular flexibility index (Phi) is 4.50. The van der Waals surface area contributed by atoms with Crippen LogP contribution in [0.4, 0.5) is 0 Å². The van der Waals surface area contributed by atoms with Crippen LogP contribution in [0.1, 0.15) is 67.1 Å². The smallest absolute Gasteiger partial charge is 0.270 e. The molecule has 25 heavy (non-hydrogen) atoms. The molecule has 1 atom stereocenters. The molecule has 132 valence electrons. The van der Waals surface area contributed by atoms with Crippen LogP contribution in [0.2, 0.25) is 0 Å². The molecule has 1 unspecified atom stereocenters. The molecule has 0 saturated heterocycles. The lowest BCUT2D eigenvalue weighted by molar-refractivity contribution is 0.0920. The van der Waals surface area contributed by atoms with Crippen LogP contribution in [0, 0.1) is 12.8 Å². The second-order valence-corrected chi connectivity index (χ2v) is 7.59. The van der Waals surface area contributed by atoms with Gasteiger partial charge in [0.25, 0.3) is 11.5 Å². The highest BCUT2D eigenvalue weighted by molar-refractivity contribution is 5.92. The molecule has 0 aliphatic heterocycles. The standard InChI is InChI=1S/C20H25N3O2/c1-12(2)18(14-5-7-15(8-6-14)20(4)9-10-20)23-19(25)16-11-17(24)22-13(3)21-16/h5-8,11-12,18H,9-10H2,1-4H3,(H,23,25)(H,21,22,24). The number of nitrogens with one attached hydrogen (secondary N) is 2. The summed E-state index contributed by atoms with van der Waals surface area (Å²) in [5.74, 6) is 0.321. The van der Waals surface area contributed by atoms with Crippen molar-refractivity contribution < 1.29 is 4.79 Å². The molecule has 5 heteroatoms. The molecule has 2 aromatic rings. The first kappa shape index (κ1) is 17.4. The Balaban J connectivity index is 1.81. The molecule has 1 fully saturated rings. The first-order valence-corrected chi connectivity index (χ1v) is 8.78. The molecule has 2 N–H and O–H groups in total. The number of carbonyl (C=O) groups is 1. The number of aromatic nitrogens is 2. The zero-order valence-electron chi connectivity index (χ0n) is 15.2. The van der Waals surface area contributed by atoms with E-state index in [-0.39, 0.29) is 29.1 Å². The molecular weight excluding hydrogens is 314 g/mol. The number of amides is 1. The first-order chi connectivity index (χ1) is 11.8. The van der Waals surface area contributed by atoms with Gasteiger partial charge in [0.2, 0.25) is 0 Å². The number of hydrogen-bond donors (Lipinski definition) is 2. The van der Waals surface area contributed by atoms with Gasteiger partial charge in [0.1, 0.15) is 11.5 Å². The van der Waals surface area contributed by atoms with Crippen molar-refractivity contribution in [3.05, 3.63) is 63.3 Å². The number of H-pyrrole nitrogens is 1. The predicted octanol–water partition coefficient (Wildman–Crippen LogP) is 3.26. The van der Waals surface area contributed by atoms with E-state index in [1.54, 1.807) is 6.92 Å². The largest absolute Gasteiger partial charge is 0.344 e. The summed E-state index contributed by atoms with van der Waals surface area (Å²) in [5.41, 5.74) is 2.59. The fraction of sp³-hybridized carbons (Fsp3) is 0.450. The Labute approximate surface area is 147 Å². The lowest BCUT2D eigenvalue weighted by Crippen LogP contribution is -2.33. The van der Waals surface area contributed by atoms with Crippen LogP contribution < -0.4 is 10.9 Å². The number of aromatic amines is 1. The Bertz CT molecular complexity index is 833. The van der Waals surface area contributed by atoms with Crippen molar-refractivity contribution in [2.75, 3.05) is 0 Å². The molecule has 1 aromatic carbocycles. The van der Waals surface area contributed by atoms with Crippen LogP contribution >= 0.6 is 0 Å². The third-order valence-corrected chi connectivity index (χ3v) is 5.01. The van der Waals surface area contributed by atoms with E-state index in [4.69, 9.17) is 0 Å². The van der Waals surface area contributed by atoms with E-state index in [1.165, 1.54) is 24.5 Å². The molecule has 3 rings (SSSR count). The van der Waals surface area contributed by atoms with Gasteiger partial charge in [0.15, 0.2) is 0 Å². The number of rotatable bonds is 5. The normalized spacial score (nSPS) is 16.5. The Morgan fingerprint density at radius 2 is 1.88 bits per heavy atom. The van der Waals surface area contributed by atoms with Gasteiger partial charge in [-0.25, -0.2) is 4.98 Å². The third-order valence-electron chi connectivity index (χ3n) is 5.01. The van der Waals surface area contributed by atoms with Gasteiger partial charge in [0.05, 0.1) is 6.04 Å². The number of hydrogen-bond acceptors (Lipinski definition) is 3. The van der Waals surface area contributed by atoms with Gasteiger partial charge in [-0.2, -0.15) is 0 Å². The lowest BCUT2D eigenvalue weighted by atomic mass is 9.92. The average molecular weight is 339 g/mol. The van der Waals surface area contributed by atoms with E-state index in [1.807, 2.05) is 0 Å². The lowest BCUT2D eigenvalue weighted by Gasteiger charge is -2.23. The number of carbonyl (C=O) groups excluding carboxylic acids is 1. The molecular formula is C20H25N3O2. The van der Waals surface area contributed by atoms with Gasteiger partial charge in [-0.3, -0.25) is 9.59 Å². The van der Waals surface area contributed by atoms with Gasteiger partial charge in [-0.15, -0.1) is 0 Å². The second-order valence-electron chi connectivity index (χ2n) is 7.59. The zero-order valence-corrected chi connectivity index (χ0v) is 15.2. The highest BCUT2D eigenvalue weighted by Gasteiger charge is 2.38. The highest BCUT2D eigenvalue weighted by atomic mass is 16.2. The van der Waals surface area contributed by atoms with E-state index < -0.39 is 0 Å². The molecule has 0 radical (unpaired) electrons. The molecule has 1 aliphatic rings. The zero-order chi connectivity index (χ0) is 18.2. The molecule has 0 spiro atoms. The monoisotopic (exact) mass is 339 g/mol. The summed E-state index contributed by atoms with van der Waals surface area (Å²) >= 11 is 0. The van der Waals surface area contributed by atoms with Crippen molar-refractivity contribution in [1.29, 1.82) is 0 Å². The summed E-state index contributed by atoms with van der Waals surface area (Å²) in [7, 11) is 0. The van der Waals surface area contributed by atoms with E-state index in [2.05, 4.69) is 60.3 Å². The summed E-state index contributed by atoms with van der Waals surface area (Å²) in [6.45, 7) is 8.08. The van der Waals surface area contributed by atoms with Crippen LogP contribution in [0.3, 0.4) is 0 Å². The van der Waals surface area contributed by atoms with Gasteiger partial charge in [-0.1, -0.05) is 45.0 Å². The van der Waals surface area contributed by atoms with Crippen LogP contribution in [-0.2, 0) is 5.41 Å². The minimum atomic E-state index is -0.328. The van der Waals surface area contributed by atoms with Crippen LogP contribution in [0.5, 0.6) is 0 Å². The van der Waals surface area contributed by atoms with Crippen LogP contribution in [0.15, 0.2) is 35.1 Å². The molecule has 5 nitrogen and oxygen atoms in total. The minimum absolute atomic E-state index is 0.130. The van der Waals surface area contributed by atoms with Gasteiger partial charge >= 0.3 is 0 Å². The van der Waals surface area contributed by atoms with Gasteiger partial charge in [0, 0.05) is 6.07 Å². The quantitative estimate of drug-likeness (QED) is 0.878. The summed E-state index contributed by atoms with van der Waals surface area (Å²) in [6, 6.07) is 9.63. The molecule has 1 aromatic heterocycles. The second kappa shape index (κ2) is 6.47. The molecule has 0 bridgehead atoms. The van der Waals surface area contributed by atoms with Crippen molar-refractivity contribution in [2.45, 2.75) is 52.0 Å². The van der Waals surface area contributed by atoms with E-state index in [9.17, 15) is 9.59 Å². The predicted molar refractivity (Wildman–Crippen MR) is 97.7 cm³/mol. The SMILES string of the molecule is Cc1nc(C(=O)NC(c2ccc(C3(C)CC3)cc2)C(C)C)cc(=O)[nH]1. The molecule has 1 amide bonds.